The molecule has 0 saturated heterocycles. The summed E-state index contributed by atoms with van der Waals surface area (Å²) in [6.07, 6.45) is 1.05. The number of nitrogens with one attached hydrogen (secondary N) is 1. The molecule has 104 valence electrons. The van der Waals surface area contributed by atoms with Crippen LogP contribution in [0.25, 0.3) is 0 Å². The number of nitrogens with two attached hydrogens (primary N) is 1. The summed E-state index contributed by atoms with van der Waals surface area (Å²) in [5.41, 5.74) is 7.05. The molecule has 0 radical (unpaired) electrons. The van der Waals surface area contributed by atoms with Gasteiger partial charge in [0.15, 0.2) is 0 Å². The topological polar surface area (TPSA) is 84.6 Å². The van der Waals surface area contributed by atoms with E-state index in [-0.39, 0.29) is 23.1 Å². The van der Waals surface area contributed by atoms with E-state index < -0.39 is 5.97 Å². The number of hydrogen-bond acceptors (Lipinski definition) is 4. The Labute approximate surface area is 112 Å². The highest BCUT2D eigenvalue weighted by Crippen LogP contribution is 2.44. The smallest absolute Gasteiger partial charge is 0.337 e. The van der Waals surface area contributed by atoms with E-state index in [1.807, 2.05) is 0 Å². The third kappa shape index (κ3) is 2.38. The average molecular weight is 264 g/mol. The number of methoxy groups -OCH3 is 1. The van der Waals surface area contributed by atoms with Crippen LogP contribution in [0.4, 0.5) is 11.4 Å². The summed E-state index contributed by atoms with van der Waals surface area (Å²) in [5.74, 6) is -0.956. The van der Waals surface area contributed by atoms with Gasteiger partial charge in [-0.2, -0.15) is 0 Å². The first-order valence-electron chi connectivity index (χ1n) is 6.28. The molecule has 2 unspecified atom stereocenters. The van der Waals surface area contributed by atoms with Gasteiger partial charge in [0.1, 0.15) is 0 Å². The van der Waals surface area contributed by atoms with E-state index in [0.29, 0.717) is 11.4 Å². The van der Waals surface area contributed by atoms with Crippen LogP contribution in [0.2, 0.25) is 0 Å². The molecule has 19 heavy (non-hydrogen) atoms. The maximum Gasteiger partial charge on any atom is 0.337 e. The van der Waals surface area contributed by atoms with Crippen LogP contribution in [0.1, 0.15) is 30.6 Å². The van der Waals surface area contributed by atoms with Crippen molar-refractivity contribution in [3.8, 4) is 0 Å². The Morgan fingerprint density at radius 3 is 2.74 bits per heavy atom. The van der Waals surface area contributed by atoms with Gasteiger partial charge in [0.05, 0.1) is 17.4 Å². The summed E-state index contributed by atoms with van der Waals surface area (Å²) in [5, 5.41) is 12.5. The molecule has 2 atom stereocenters. The van der Waals surface area contributed by atoms with Gasteiger partial charge in [-0.05, 0) is 24.6 Å². The standard InChI is InChI=1S/C14H20N2O3/c1-14(2)11(7-12(14)19-3)16-10-6-8(15)4-5-9(10)13(17)18/h4-6,11-12,16H,7,15H2,1-3H3,(H,17,18). The van der Waals surface area contributed by atoms with Gasteiger partial charge in [-0.15, -0.1) is 0 Å². The molecule has 0 bridgehead atoms. The van der Waals surface area contributed by atoms with Crippen LogP contribution in [0.5, 0.6) is 0 Å². The third-order valence-corrected chi connectivity index (χ3v) is 4.07. The highest BCUT2D eigenvalue weighted by molar-refractivity contribution is 5.95. The predicted octanol–water partition coefficient (Wildman–Crippen LogP) is 2.19. The zero-order valence-corrected chi connectivity index (χ0v) is 11.4. The van der Waals surface area contributed by atoms with E-state index in [1.165, 1.54) is 6.07 Å². The highest BCUT2D eigenvalue weighted by Gasteiger charge is 2.48. The summed E-state index contributed by atoms with van der Waals surface area (Å²) >= 11 is 0. The van der Waals surface area contributed by atoms with E-state index in [9.17, 15) is 9.90 Å². The maximum atomic E-state index is 11.2. The van der Waals surface area contributed by atoms with Gasteiger partial charge in [0.2, 0.25) is 0 Å². The van der Waals surface area contributed by atoms with Crippen molar-refractivity contribution in [3.63, 3.8) is 0 Å². The normalized spacial score (nSPS) is 24.6. The molecule has 2 rings (SSSR count). The minimum Gasteiger partial charge on any atom is -0.478 e. The number of nitrogen functional groups attached to an aromatic ring is 1. The second-order valence-electron chi connectivity index (χ2n) is 5.59. The summed E-state index contributed by atoms with van der Waals surface area (Å²) < 4.78 is 5.39. The maximum absolute atomic E-state index is 11.2. The van der Waals surface area contributed by atoms with Gasteiger partial charge < -0.3 is 20.9 Å². The van der Waals surface area contributed by atoms with Crippen LogP contribution in [-0.2, 0) is 4.74 Å². The highest BCUT2D eigenvalue weighted by atomic mass is 16.5. The van der Waals surface area contributed by atoms with Gasteiger partial charge in [-0.25, -0.2) is 4.79 Å². The molecular weight excluding hydrogens is 244 g/mol. The molecular formula is C14H20N2O3. The number of anilines is 2. The van der Waals surface area contributed by atoms with Crippen molar-refractivity contribution in [2.75, 3.05) is 18.2 Å². The van der Waals surface area contributed by atoms with Gasteiger partial charge >= 0.3 is 5.97 Å². The van der Waals surface area contributed by atoms with Crippen molar-refractivity contribution in [1.29, 1.82) is 0 Å². The predicted molar refractivity (Wildman–Crippen MR) is 74.4 cm³/mol. The summed E-state index contributed by atoms with van der Waals surface area (Å²) in [6.45, 7) is 4.21. The first kappa shape index (κ1) is 13.7. The van der Waals surface area contributed by atoms with E-state index in [0.717, 1.165) is 6.42 Å². The lowest BCUT2D eigenvalue weighted by Crippen LogP contribution is -2.57. The molecule has 5 nitrogen and oxygen atoms in total. The van der Waals surface area contributed by atoms with Crippen molar-refractivity contribution in [2.45, 2.75) is 32.4 Å². The molecule has 1 aliphatic rings. The number of aromatic carboxylic acids is 1. The number of carboxylic acids is 1. The Morgan fingerprint density at radius 2 is 2.21 bits per heavy atom. The second-order valence-corrected chi connectivity index (χ2v) is 5.59. The number of ether oxygens (including phenoxy) is 1. The Hall–Kier alpha value is -1.75. The van der Waals surface area contributed by atoms with Crippen molar-refractivity contribution >= 4 is 17.3 Å². The SMILES string of the molecule is COC1CC(Nc2cc(N)ccc2C(=O)O)C1(C)C. The molecule has 0 aromatic heterocycles. The molecule has 4 N–H and O–H groups in total. The Bertz CT molecular complexity index is 499. The van der Waals surface area contributed by atoms with E-state index in [1.54, 1.807) is 19.2 Å². The fourth-order valence-corrected chi connectivity index (χ4v) is 2.59. The zero-order chi connectivity index (χ0) is 14.2. The number of benzene rings is 1. The Kier molecular flexibility index (Phi) is 3.41. The minimum atomic E-state index is -0.956. The molecule has 1 saturated carbocycles. The van der Waals surface area contributed by atoms with Crippen LogP contribution in [0.3, 0.4) is 0 Å². The molecule has 1 aromatic carbocycles. The molecule has 0 aliphatic heterocycles. The van der Waals surface area contributed by atoms with Crippen molar-refractivity contribution < 1.29 is 14.6 Å². The summed E-state index contributed by atoms with van der Waals surface area (Å²) in [7, 11) is 1.70. The second kappa shape index (κ2) is 4.74. The average Bonchev–Trinajstić information content (AvgIpc) is 2.33. The van der Waals surface area contributed by atoms with Crippen molar-refractivity contribution in [1.82, 2.24) is 0 Å². The van der Waals surface area contributed by atoms with E-state index in [4.69, 9.17) is 10.5 Å². The minimum absolute atomic E-state index is 0.0326. The quantitative estimate of drug-likeness (QED) is 0.726. The monoisotopic (exact) mass is 264 g/mol. The largest absolute Gasteiger partial charge is 0.478 e. The first-order valence-corrected chi connectivity index (χ1v) is 6.28. The lowest BCUT2D eigenvalue weighted by Gasteiger charge is -2.51. The number of hydrogen-bond donors (Lipinski definition) is 3. The first-order chi connectivity index (χ1) is 8.86. The van der Waals surface area contributed by atoms with Gasteiger partial charge in [-0.3, -0.25) is 0 Å². The van der Waals surface area contributed by atoms with Crippen LogP contribution in [-0.4, -0.2) is 30.3 Å². The van der Waals surface area contributed by atoms with E-state index >= 15 is 0 Å². The molecule has 1 aliphatic carbocycles. The molecule has 1 aromatic rings. The number of rotatable bonds is 4. The van der Waals surface area contributed by atoms with Crippen LogP contribution in [0.15, 0.2) is 18.2 Å². The Balaban J connectivity index is 2.21. The van der Waals surface area contributed by atoms with Gasteiger partial charge in [0, 0.05) is 24.3 Å². The number of carboxylic acid groups (broad SMARTS) is 1. The van der Waals surface area contributed by atoms with Crippen LogP contribution >= 0.6 is 0 Å². The molecule has 0 amide bonds. The van der Waals surface area contributed by atoms with Crippen LogP contribution in [0, 0.1) is 5.41 Å². The van der Waals surface area contributed by atoms with Gasteiger partial charge in [0.25, 0.3) is 0 Å². The number of carbonyl (C=O) groups is 1. The summed E-state index contributed by atoms with van der Waals surface area (Å²) in [4.78, 5) is 11.2. The molecule has 0 heterocycles. The Morgan fingerprint density at radius 1 is 1.53 bits per heavy atom. The van der Waals surface area contributed by atoms with Crippen molar-refractivity contribution in [2.24, 2.45) is 5.41 Å². The fourth-order valence-electron chi connectivity index (χ4n) is 2.59. The lowest BCUT2D eigenvalue weighted by atomic mass is 9.64. The third-order valence-electron chi connectivity index (χ3n) is 4.07. The summed E-state index contributed by atoms with van der Waals surface area (Å²) in [6, 6.07) is 4.97. The molecule has 0 spiro atoms. The molecule has 5 heteroatoms. The lowest BCUT2D eigenvalue weighted by molar-refractivity contribution is -0.0794. The fraction of sp³-hybridized carbons (Fsp3) is 0.500. The molecule has 1 fully saturated rings. The van der Waals surface area contributed by atoms with Gasteiger partial charge in [-0.1, -0.05) is 13.8 Å². The van der Waals surface area contributed by atoms with E-state index in [2.05, 4.69) is 19.2 Å². The van der Waals surface area contributed by atoms with Crippen molar-refractivity contribution in [3.05, 3.63) is 23.8 Å². The van der Waals surface area contributed by atoms with Crippen LogP contribution < -0.4 is 11.1 Å². The zero-order valence-electron chi connectivity index (χ0n) is 11.4.